The Morgan fingerprint density at radius 2 is 1.61 bits per heavy atom. The van der Waals surface area contributed by atoms with Gasteiger partial charge in [-0.15, -0.1) is 0 Å². The lowest BCUT2D eigenvalue weighted by Crippen LogP contribution is -2.19. The Kier molecular flexibility index (Phi) is 4.93. The zero-order chi connectivity index (χ0) is 17.1. The number of para-hydroxylation sites is 1. The molecule has 9 heteroatoms. The second-order valence-corrected chi connectivity index (χ2v) is 8.29. The third-order valence-corrected chi connectivity index (χ3v) is 4.80. The molecule has 0 aliphatic rings. The summed E-state index contributed by atoms with van der Waals surface area (Å²) in [7, 11) is -5.93. The Morgan fingerprint density at radius 3 is 2.17 bits per heavy atom. The van der Waals surface area contributed by atoms with Gasteiger partial charge in [0.1, 0.15) is 5.75 Å². The van der Waals surface area contributed by atoms with Crippen LogP contribution in [0.5, 0.6) is 11.5 Å². The maximum atomic E-state index is 11.9. The van der Waals surface area contributed by atoms with E-state index in [0.717, 1.165) is 6.26 Å². The lowest BCUT2D eigenvalue weighted by molar-refractivity contribution is 0.483. The van der Waals surface area contributed by atoms with E-state index in [1.165, 1.54) is 25.2 Å². The molecule has 0 aliphatic carbocycles. The SMILES string of the molecule is CNS(=O)(=O)c1ccc(NS(C)(=O)=O)c(Oc2ccccc2)c1. The summed E-state index contributed by atoms with van der Waals surface area (Å²) >= 11 is 0. The van der Waals surface area contributed by atoms with Gasteiger partial charge in [0.15, 0.2) is 5.75 Å². The highest BCUT2D eigenvalue weighted by atomic mass is 32.2. The van der Waals surface area contributed by atoms with E-state index in [1.54, 1.807) is 30.3 Å². The third kappa shape index (κ3) is 4.68. The topological polar surface area (TPSA) is 102 Å². The minimum absolute atomic E-state index is 0.0371. The predicted octanol–water partition coefficient (Wildman–Crippen LogP) is 1.76. The molecule has 0 radical (unpaired) electrons. The molecule has 0 saturated heterocycles. The molecule has 2 N–H and O–H groups in total. The van der Waals surface area contributed by atoms with Crippen LogP contribution in [0.15, 0.2) is 53.4 Å². The fraction of sp³-hybridized carbons (Fsp3) is 0.143. The average Bonchev–Trinajstić information content (AvgIpc) is 2.48. The highest BCUT2D eigenvalue weighted by Crippen LogP contribution is 2.32. The van der Waals surface area contributed by atoms with Crippen molar-refractivity contribution in [2.24, 2.45) is 0 Å². The van der Waals surface area contributed by atoms with Crippen LogP contribution in [-0.2, 0) is 20.0 Å². The number of ether oxygens (including phenoxy) is 1. The summed E-state index contributed by atoms with van der Waals surface area (Å²) in [5.41, 5.74) is 0.145. The second kappa shape index (κ2) is 6.57. The van der Waals surface area contributed by atoms with Crippen LogP contribution in [0.2, 0.25) is 0 Å². The summed E-state index contributed by atoms with van der Waals surface area (Å²) in [6, 6.07) is 12.5. The van der Waals surface area contributed by atoms with Crippen LogP contribution >= 0.6 is 0 Å². The first kappa shape index (κ1) is 17.3. The Labute approximate surface area is 135 Å². The van der Waals surface area contributed by atoms with Crippen LogP contribution in [0.25, 0.3) is 0 Å². The lowest BCUT2D eigenvalue weighted by Gasteiger charge is -2.13. The molecule has 0 bridgehead atoms. The molecular weight excluding hydrogens is 340 g/mol. The number of hydrogen-bond acceptors (Lipinski definition) is 5. The number of hydrogen-bond donors (Lipinski definition) is 2. The second-order valence-electron chi connectivity index (χ2n) is 4.65. The number of benzene rings is 2. The van der Waals surface area contributed by atoms with Gasteiger partial charge in [-0.2, -0.15) is 0 Å². The molecule has 0 amide bonds. The molecule has 0 aliphatic heterocycles. The normalized spacial score (nSPS) is 11.9. The molecule has 2 aromatic rings. The van der Waals surface area contributed by atoms with Crippen LogP contribution in [0.4, 0.5) is 5.69 Å². The van der Waals surface area contributed by atoms with Crippen molar-refractivity contribution in [3.8, 4) is 11.5 Å². The van der Waals surface area contributed by atoms with Gasteiger partial charge in [-0.1, -0.05) is 18.2 Å². The zero-order valence-corrected chi connectivity index (χ0v) is 14.1. The van der Waals surface area contributed by atoms with E-state index in [0.29, 0.717) is 5.75 Å². The summed E-state index contributed by atoms with van der Waals surface area (Å²) in [6.07, 6.45) is 0.998. The van der Waals surface area contributed by atoms with Gasteiger partial charge in [-0.05, 0) is 31.3 Å². The molecule has 2 aromatic carbocycles. The van der Waals surface area contributed by atoms with Crippen molar-refractivity contribution < 1.29 is 21.6 Å². The molecule has 7 nitrogen and oxygen atoms in total. The maximum absolute atomic E-state index is 11.9. The molecule has 2 rings (SSSR count). The summed E-state index contributed by atoms with van der Waals surface area (Å²) in [5, 5.41) is 0. The van der Waals surface area contributed by atoms with E-state index in [-0.39, 0.29) is 16.3 Å². The van der Waals surface area contributed by atoms with Crippen molar-refractivity contribution in [1.82, 2.24) is 4.72 Å². The average molecular weight is 356 g/mol. The van der Waals surface area contributed by atoms with Crippen LogP contribution < -0.4 is 14.2 Å². The molecule has 0 saturated carbocycles. The molecule has 0 fully saturated rings. The number of sulfonamides is 2. The van der Waals surface area contributed by atoms with Crippen molar-refractivity contribution in [1.29, 1.82) is 0 Å². The summed E-state index contributed by atoms with van der Waals surface area (Å²) in [4.78, 5) is -0.0371. The fourth-order valence-corrected chi connectivity index (χ4v) is 3.08. The number of anilines is 1. The molecule has 0 atom stereocenters. The van der Waals surface area contributed by atoms with Gasteiger partial charge in [0.25, 0.3) is 0 Å². The van der Waals surface area contributed by atoms with Crippen LogP contribution in [-0.4, -0.2) is 30.1 Å². The van der Waals surface area contributed by atoms with Gasteiger partial charge >= 0.3 is 0 Å². The van der Waals surface area contributed by atoms with Crippen LogP contribution in [0.3, 0.4) is 0 Å². The van der Waals surface area contributed by atoms with E-state index < -0.39 is 20.0 Å². The molecular formula is C14H16N2O5S2. The van der Waals surface area contributed by atoms with E-state index in [4.69, 9.17) is 4.74 Å². The first-order chi connectivity index (χ1) is 10.7. The zero-order valence-electron chi connectivity index (χ0n) is 12.5. The maximum Gasteiger partial charge on any atom is 0.240 e. The van der Waals surface area contributed by atoms with Gasteiger partial charge in [-0.3, -0.25) is 4.72 Å². The van der Waals surface area contributed by atoms with Gasteiger partial charge < -0.3 is 4.74 Å². The van der Waals surface area contributed by atoms with Crippen LogP contribution in [0.1, 0.15) is 0 Å². The molecule has 23 heavy (non-hydrogen) atoms. The largest absolute Gasteiger partial charge is 0.455 e. The fourth-order valence-electron chi connectivity index (χ4n) is 1.77. The Morgan fingerprint density at radius 1 is 0.957 bits per heavy atom. The lowest BCUT2D eigenvalue weighted by atomic mass is 10.3. The van der Waals surface area contributed by atoms with Gasteiger partial charge in [0.05, 0.1) is 16.8 Å². The summed E-state index contributed by atoms with van der Waals surface area (Å²) in [6.45, 7) is 0. The first-order valence-corrected chi connectivity index (χ1v) is 9.87. The van der Waals surface area contributed by atoms with Crippen molar-refractivity contribution in [2.75, 3.05) is 18.0 Å². The van der Waals surface area contributed by atoms with E-state index in [9.17, 15) is 16.8 Å². The predicted molar refractivity (Wildman–Crippen MR) is 87.7 cm³/mol. The quantitative estimate of drug-likeness (QED) is 0.821. The van der Waals surface area contributed by atoms with Gasteiger partial charge in [0, 0.05) is 6.07 Å². The smallest absolute Gasteiger partial charge is 0.240 e. The minimum Gasteiger partial charge on any atom is -0.455 e. The molecule has 124 valence electrons. The monoisotopic (exact) mass is 356 g/mol. The van der Waals surface area contributed by atoms with Gasteiger partial charge in [0.2, 0.25) is 20.0 Å². The Bertz CT molecular complexity index is 894. The highest BCUT2D eigenvalue weighted by Gasteiger charge is 2.17. The van der Waals surface area contributed by atoms with Crippen LogP contribution in [0, 0.1) is 0 Å². The molecule has 0 spiro atoms. The number of nitrogens with one attached hydrogen (secondary N) is 2. The molecule has 0 aromatic heterocycles. The van der Waals surface area contributed by atoms with Crippen molar-refractivity contribution in [3.63, 3.8) is 0 Å². The van der Waals surface area contributed by atoms with Crippen molar-refractivity contribution >= 4 is 25.7 Å². The minimum atomic E-state index is -3.68. The molecule has 0 heterocycles. The molecule has 0 unspecified atom stereocenters. The third-order valence-electron chi connectivity index (χ3n) is 2.80. The van der Waals surface area contributed by atoms with Gasteiger partial charge in [-0.25, -0.2) is 21.6 Å². The van der Waals surface area contributed by atoms with Crippen molar-refractivity contribution in [3.05, 3.63) is 48.5 Å². The number of rotatable bonds is 6. The summed E-state index contributed by atoms with van der Waals surface area (Å²) < 4.78 is 56.8. The van der Waals surface area contributed by atoms with Crippen molar-refractivity contribution in [2.45, 2.75) is 4.90 Å². The standard InChI is InChI=1S/C14H16N2O5S2/c1-15-23(19,20)12-8-9-13(16-22(2,17)18)14(10-12)21-11-6-4-3-5-7-11/h3-10,15-16H,1-2H3. The van der Waals surface area contributed by atoms with E-state index in [2.05, 4.69) is 9.44 Å². The first-order valence-electron chi connectivity index (χ1n) is 6.49. The highest BCUT2D eigenvalue weighted by molar-refractivity contribution is 7.92. The Hall–Kier alpha value is -2.10. The Balaban J connectivity index is 2.51. The summed E-state index contributed by atoms with van der Waals surface area (Å²) in [5.74, 6) is 0.529. The van der Waals surface area contributed by atoms with E-state index in [1.807, 2.05) is 0 Å². The van der Waals surface area contributed by atoms with E-state index >= 15 is 0 Å².